The fourth-order valence-electron chi connectivity index (χ4n) is 1.98. The third-order valence-electron chi connectivity index (χ3n) is 2.88. The van der Waals surface area contributed by atoms with Crippen LogP contribution in [0.25, 0.3) is 0 Å². The van der Waals surface area contributed by atoms with Gasteiger partial charge in [0.15, 0.2) is 0 Å². The topological polar surface area (TPSA) is 29.9 Å². The van der Waals surface area contributed by atoms with Crippen LogP contribution in [0.1, 0.15) is 52.0 Å². The molecule has 0 aliphatic heterocycles. The van der Waals surface area contributed by atoms with Crippen LogP contribution in [0.3, 0.4) is 0 Å². The predicted octanol–water partition coefficient (Wildman–Crippen LogP) is 2.96. The molecule has 0 bridgehead atoms. The molecule has 1 aromatic heterocycles. The molecule has 0 amide bonds. The molecule has 0 aliphatic carbocycles. The van der Waals surface area contributed by atoms with Crippen molar-refractivity contribution in [3.05, 3.63) is 18.0 Å². The molecule has 0 saturated carbocycles. The average molecular weight is 223 g/mol. The van der Waals surface area contributed by atoms with Crippen LogP contribution in [-0.2, 0) is 13.1 Å². The summed E-state index contributed by atoms with van der Waals surface area (Å²) < 4.78 is 1.98. The summed E-state index contributed by atoms with van der Waals surface area (Å²) in [6, 6.07) is 0.667. The van der Waals surface area contributed by atoms with Crippen molar-refractivity contribution in [3.8, 4) is 0 Å². The lowest BCUT2D eigenvalue weighted by atomic mass is 10.1. The van der Waals surface area contributed by atoms with E-state index in [4.69, 9.17) is 0 Å². The molecular formula is C13H25N3. The van der Waals surface area contributed by atoms with Gasteiger partial charge in [-0.05, 0) is 19.8 Å². The SMILES string of the molecule is CCCC(CCC)NCc1cnn(CC)c1. The van der Waals surface area contributed by atoms with Crippen LogP contribution in [0.5, 0.6) is 0 Å². The Labute approximate surface area is 99.2 Å². The van der Waals surface area contributed by atoms with Gasteiger partial charge in [-0.1, -0.05) is 26.7 Å². The molecule has 0 spiro atoms. The number of aromatic nitrogens is 2. The second-order valence-electron chi connectivity index (χ2n) is 4.36. The number of nitrogens with one attached hydrogen (secondary N) is 1. The van der Waals surface area contributed by atoms with Gasteiger partial charge in [-0.2, -0.15) is 5.10 Å². The zero-order valence-corrected chi connectivity index (χ0v) is 10.9. The monoisotopic (exact) mass is 223 g/mol. The van der Waals surface area contributed by atoms with Crippen LogP contribution >= 0.6 is 0 Å². The average Bonchev–Trinajstić information content (AvgIpc) is 2.74. The Morgan fingerprint density at radius 1 is 1.25 bits per heavy atom. The van der Waals surface area contributed by atoms with Crippen molar-refractivity contribution < 1.29 is 0 Å². The zero-order chi connectivity index (χ0) is 11.8. The van der Waals surface area contributed by atoms with Crippen molar-refractivity contribution in [2.24, 2.45) is 0 Å². The first-order chi connectivity index (χ1) is 7.80. The molecule has 3 heteroatoms. The van der Waals surface area contributed by atoms with Crippen LogP contribution in [0, 0.1) is 0 Å². The normalized spacial score (nSPS) is 11.2. The summed E-state index contributed by atoms with van der Waals surface area (Å²) in [5.41, 5.74) is 1.29. The lowest BCUT2D eigenvalue weighted by Gasteiger charge is -2.16. The number of hydrogen-bond acceptors (Lipinski definition) is 2. The van der Waals surface area contributed by atoms with E-state index >= 15 is 0 Å². The van der Waals surface area contributed by atoms with Gasteiger partial charge in [-0.25, -0.2) is 0 Å². The van der Waals surface area contributed by atoms with E-state index in [2.05, 4.69) is 37.4 Å². The summed E-state index contributed by atoms with van der Waals surface area (Å²) in [5.74, 6) is 0. The van der Waals surface area contributed by atoms with Crippen molar-refractivity contribution in [2.45, 2.75) is 65.6 Å². The van der Waals surface area contributed by atoms with Gasteiger partial charge in [0, 0.05) is 30.9 Å². The Bertz CT molecular complexity index is 274. The quantitative estimate of drug-likeness (QED) is 0.734. The summed E-state index contributed by atoms with van der Waals surface area (Å²) in [6.07, 6.45) is 9.15. The van der Waals surface area contributed by atoms with Crippen molar-refractivity contribution in [3.63, 3.8) is 0 Å². The van der Waals surface area contributed by atoms with Gasteiger partial charge in [-0.15, -0.1) is 0 Å². The van der Waals surface area contributed by atoms with Crippen molar-refractivity contribution in [1.29, 1.82) is 0 Å². The molecule has 0 aromatic carbocycles. The van der Waals surface area contributed by atoms with E-state index in [1.807, 2.05) is 10.9 Å². The molecule has 0 atom stereocenters. The molecular weight excluding hydrogens is 198 g/mol. The second-order valence-corrected chi connectivity index (χ2v) is 4.36. The highest BCUT2D eigenvalue weighted by atomic mass is 15.3. The van der Waals surface area contributed by atoms with Crippen LogP contribution < -0.4 is 5.32 Å². The smallest absolute Gasteiger partial charge is 0.0534 e. The molecule has 0 aliphatic rings. The largest absolute Gasteiger partial charge is 0.310 e. The van der Waals surface area contributed by atoms with Gasteiger partial charge in [-0.3, -0.25) is 4.68 Å². The van der Waals surface area contributed by atoms with Gasteiger partial charge in [0.2, 0.25) is 0 Å². The predicted molar refractivity (Wildman–Crippen MR) is 68.3 cm³/mol. The minimum Gasteiger partial charge on any atom is -0.310 e. The number of hydrogen-bond donors (Lipinski definition) is 1. The fraction of sp³-hybridized carbons (Fsp3) is 0.769. The van der Waals surface area contributed by atoms with Crippen molar-refractivity contribution in [1.82, 2.24) is 15.1 Å². The molecule has 1 N–H and O–H groups in total. The highest BCUT2D eigenvalue weighted by Crippen LogP contribution is 2.06. The highest BCUT2D eigenvalue weighted by molar-refractivity contribution is 5.03. The van der Waals surface area contributed by atoms with E-state index < -0.39 is 0 Å². The molecule has 16 heavy (non-hydrogen) atoms. The van der Waals surface area contributed by atoms with E-state index in [1.54, 1.807) is 0 Å². The van der Waals surface area contributed by atoms with Crippen LogP contribution in [0.2, 0.25) is 0 Å². The molecule has 3 nitrogen and oxygen atoms in total. The molecule has 0 unspecified atom stereocenters. The van der Waals surface area contributed by atoms with Gasteiger partial charge in [0.1, 0.15) is 0 Å². The van der Waals surface area contributed by atoms with E-state index in [0.29, 0.717) is 6.04 Å². The Hall–Kier alpha value is -0.830. The molecule has 0 fully saturated rings. The lowest BCUT2D eigenvalue weighted by Crippen LogP contribution is -2.28. The van der Waals surface area contributed by atoms with Gasteiger partial charge in [0.25, 0.3) is 0 Å². The number of nitrogens with zero attached hydrogens (tertiary/aromatic N) is 2. The van der Waals surface area contributed by atoms with Gasteiger partial charge >= 0.3 is 0 Å². The molecule has 1 aromatic rings. The zero-order valence-electron chi connectivity index (χ0n) is 10.9. The molecule has 1 heterocycles. The summed E-state index contributed by atoms with van der Waals surface area (Å²) in [5, 5.41) is 7.90. The maximum atomic E-state index is 4.28. The molecule has 92 valence electrons. The minimum absolute atomic E-state index is 0.667. The van der Waals surface area contributed by atoms with Crippen LogP contribution in [-0.4, -0.2) is 15.8 Å². The maximum Gasteiger partial charge on any atom is 0.0534 e. The maximum absolute atomic E-state index is 4.28. The Morgan fingerprint density at radius 3 is 2.44 bits per heavy atom. The fourth-order valence-corrected chi connectivity index (χ4v) is 1.98. The van der Waals surface area contributed by atoms with Gasteiger partial charge in [0.05, 0.1) is 6.20 Å². The van der Waals surface area contributed by atoms with Gasteiger partial charge < -0.3 is 5.32 Å². The lowest BCUT2D eigenvalue weighted by molar-refractivity contribution is 0.443. The number of rotatable bonds is 8. The van der Waals surface area contributed by atoms with Crippen molar-refractivity contribution in [2.75, 3.05) is 0 Å². The summed E-state index contributed by atoms with van der Waals surface area (Å²) in [4.78, 5) is 0. The molecule has 0 saturated heterocycles. The summed E-state index contributed by atoms with van der Waals surface area (Å²) >= 11 is 0. The first kappa shape index (κ1) is 13.2. The highest BCUT2D eigenvalue weighted by Gasteiger charge is 2.06. The molecule has 0 radical (unpaired) electrons. The second kappa shape index (κ2) is 7.44. The third-order valence-corrected chi connectivity index (χ3v) is 2.88. The Kier molecular flexibility index (Phi) is 6.16. The first-order valence-corrected chi connectivity index (χ1v) is 6.54. The van der Waals surface area contributed by atoms with E-state index in [0.717, 1.165) is 13.1 Å². The van der Waals surface area contributed by atoms with E-state index in [1.165, 1.54) is 31.2 Å². The summed E-state index contributed by atoms with van der Waals surface area (Å²) in [6.45, 7) is 8.51. The van der Waals surface area contributed by atoms with Crippen LogP contribution in [0.4, 0.5) is 0 Å². The minimum atomic E-state index is 0.667. The van der Waals surface area contributed by atoms with E-state index in [9.17, 15) is 0 Å². The first-order valence-electron chi connectivity index (χ1n) is 6.54. The summed E-state index contributed by atoms with van der Waals surface area (Å²) in [7, 11) is 0. The Balaban J connectivity index is 2.35. The molecule has 1 rings (SSSR count). The van der Waals surface area contributed by atoms with Crippen molar-refractivity contribution >= 4 is 0 Å². The van der Waals surface area contributed by atoms with Crippen LogP contribution in [0.15, 0.2) is 12.4 Å². The van der Waals surface area contributed by atoms with E-state index in [-0.39, 0.29) is 0 Å². The third kappa shape index (κ3) is 4.35. The Morgan fingerprint density at radius 2 is 1.94 bits per heavy atom. The standard InChI is InChI=1S/C13H25N3/c1-4-7-13(8-5-2)14-9-12-10-15-16(6-3)11-12/h10-11,13-14H,4-9H2,1-3H3. The number of aryl methyl sites for hydroxylation is 1.